The van der Waals surface area contributed by atoms with Crippen molar-refractivity contribution in [3.8, 4) is 0 Å². The molecule has 0 aromatic carbocycles. The van der Waals surface area contributed by atoms with E-state index >= 15 is 0 Å². The first-order chi connectivity index (χ1) is 12.8. The Balaban J connectivity index is 3.89. The molecule has 0 aliphatic carbocycles. The summed E-state index contributed by atoms with van der Waals surface area (Å²) in [5.74, 6) is -0.771. The number of hydrogen-bond donors (Lipinski definition) is 1. The van der Waals surface area contributed by atoms with Crippen molar-refractivity contribution in [1.82, 2.24) is 0 Å². The van der Waals surface area contributed by atoms with Crippen LogP contribution in [0.3, 0.4) is 0 Å². The summed E-state index contributed by atoms with van der Waals surface area (Å²) in [6.45, 7) is 2.08. The van der Waals surface area contributed by atoms with Gasteiger partial charge in [-0.3, -0.25) is 4.79 Å². The van der Waals surface area contributed by atoms with Crippen molar-refractivity contribution in [1.29, 1.82) is 0 Å². The molecule has 2 heteroatoms. The normalized spacial score (nSPS) is 13.0. The SMILES string of the molecule is CCC=C=C/C=C/C=C/C=C/C=C/C=C/C=C/C=C/C=C/CCC(=O)O. The van der Waals surface area contributed by atoms with Gasteiger partial charge in [0.2, 0.25) is 0 Å². The largest absolute Gasteiger partial charge is 0.481 e. The fraction of sp³-hybridized carbons (Fsp3) is 0.167. The predicted molar refractivity (Wildman–Crippen MR) is 113 cm³/mol. The summed E-state index contributed by atoms with van der Waals surface area (Å²) in [5, 5.41) is 8.48. The first-order valence-corrected chi connectivity index (χ1v) is 8.72. The lowest BCUT2D eigenvalue weighted by Crippen LogP contribution is -1.91. The number of carboxylic acids is 1. The van der Waals surface area contributed by atoms with Crippen molar-refractivity contribution in [3.63, 3.8) is 0 Å². The van der Waals surface area contributed by atoms with Crippen molar-refractivity contribution in [3.05, 3.63) is 115 Å². The molecule has 0 fully saturated rings. The summed E-state index contributed by atoms with van der Waals surface area (Å²) in [5.41, 5.74) is 3.05. The maximum atomic E-state index is 10.3. The Kier molecular flexibility index (Phi) is 17.6. The standard InChI is InChI=1S/C24H28O2/c1-2-3-4-5-6-7-8-9-10-11-12-13-14-15-16-17-18-19-20-21-22-23-24(25)26/h3,5-21H,2,22-23H2,1H3,(H,25,26)/b7-6+,9-8+,11-10+,13-12+,15-14+,17-16+,19-18+,21-20+. The van der Waals surface area contributed by atoms with Gasteiger partial charge in [-0.05, 0) is 25.0 Å². The summed E-state index contributed by atoms with van der Waals surface area (Å²) >= 11 is 0. The molecule has 0 aliphatic heterocycles. The van der Waals surface area contributed by atoms with Gasteiger partial charge in [0.15, 0.2) is 0 Å². The molecule has 0 saturated heterocycles. The number of hydrogen-bond acceptors (Lipinski definition) is 1. The molecule has 0 unspecified atom stereocenters. The van der Waals surface area contributed by atoms with Crippen LogP contribution in [0, 0.1) is 0 Å². The minimum Gasteiger partial charge on any atom is -0.481 e. The molecule has 26 heavy (non-hydrogen) atoms. The highest BCUT2D eigenvalue weighted by molar-refractivity contribution is 5.66. The van der Waals surface area contributed by atoms with Gasteiger partial charge in [0.05, 0.1) is 0 Å². The quantitative estimate of drug-likeness (QED) is 0.326. The van der Waals surface area contributed by atoms with E-state index in [0.29, 0.717) is 6.42 Å². The molecule has 136 valence electrons. The van der Waals surface area contributed by atoms with Gasteiger partial charge in [-0.2, -0.15) is 0 Å². The van der Waals surface area contributed by atoms with Gasteiger partial charge in [-0.15, -0.1) is 5.73 Å². The third kappa shape index (κ3) is 20.9. The highest BCUT2D eigenvalue weighted by Gasteiger charge is 1.90. The van der Waals surface area contributed by atoms with Gasteiger partial charge in [0.25, 0.3) is 0 Å². The maximum absolute atomic E-state index is 10.3. The maximum Gasteiger partial charge on any atom is 0.303 e. The second kappa shape index (κ2) is 20.0. The molecule has 0 spiro atoms. The smallest absolute Gasteiger partial charge is 0.303 e. The third-order valence-corrected chi connectivity index (χ3v) is 2.73. The van der Waals surface area contributed by atoms with Gasteiger partial charge < -0.3 is 5.11 Å². The molecule has 0 bridgehead atoms. The first kappa shape index (κ1) is 22.9. The van der Waals surface area contributed by atoms with Crippen molar-refractivity contribution < 1.29 is 9.90 Å². The van der Waals surface area contributed by atoms with Crippen LogP contribution >= 0.6 is 0 Å². The van der Waals surface area contributed by atoms with E-state index in [4.69, 9.17) is 5.11 Å². The van der Waals surface area contributed by atoms with E-state index < -0.39 is 5.97 Å². The first-order valence-electron chi connectivity index (χ1n) is 8.72. The Morgan fingerprint density at radius 1 is 0.731 bits per heavy atom. The number of carbonyl (C=O) groups is 1. The molecule has 0 atom stereocenters. The van der Waals surface area contributed by atoms with E-state index in [1.807, 2.05) is 109 Å². The fourth-order valence-electron chi connectivity index (χ4n) is 1.51. The van der Waals surface area contributed by atoms with Gasteiger partial charge >= 0.3 is 5.97 Å². The highest BCUT2D eigenvalue weighted by atomic mass is 16.4. The van der Waals surface area contributed by atoms with Crippen molar-refractivity contribution >= 4 is 5.97 Å². The lowest BCUT2D eigenvalue weighted by molar-refractivity contribution is -0.136. The van der Waals surface area contributed by atoms with Crippen LogP contribution in [-0.2, 0) is 4.79 Å². The zero-order chi connectivity index (χ0) is 19.1. The van der Waals surface area contributed by atoms with Crippen LogP contribution in [0.4, 0.5) is 0 Å². The van der Waals surface area contributed by atoms with E-state index in [0.717, 1.165) is 6.42 Å². The molecule has 0 rings (SSSR count). The molecule has 0 radical (unpaired) electrons. The summed E-state index contributed by atoms with van der Waals surface area (Å²) in [6, 6.07) is 0. The molecule has 0 heterocycles. The summed E-state index contributed by atoms with van der Waals surface area (Å²) in [7, 11) is 0. The molecular weight excluding hydrogens is 320 g/mol. The van der Waals surface area contributed by atoms with Crippen LogP contribution in [0.25, 0.3) is 0 Å². The zero-order valence-electron chi connectivity index (χ0n) is 15.4. The predicted octanol–water partition coefficient (Wildman–Crippen LogP) is 6.42. The topological polar surface area (TPSA) is 37.3 Å². The minimum atomic E-state index is -0.771. The Bertz CT molecular complexity index is 656. The number of allylic oxidation sites excluding steroid dienone is 17. The number of rotatable bonds is 12. The molecule has 0 amide bonds. The van der Waals surface area contributed by atoms with E-state index in [1.165, 1.54) is 0 Å². The average molecular weight is 348 g/mol. The Labute approximate surface area is 157 Å². The molecule has 0 saturated carbocycles. The van der Waals surface area contributed by atoms with Crippen molar-refractivity contribution in [2.75, 3.05) is 0 Å². The lowest BCUT2D eigenvalue weighted by atomic mass is 10.3. The summed E-state index contributed by atoms with van der Waals surface area (Å²) in [4.78, 5) is 10.3. The van der Waals surface area contributed by atoms with Crippen LogP contribution in [0.15, 0.2) is 115 Å². The van der Waals surface area contributed by atoms with Gasteiger partial charge in [-0.25, -0.2) is 0 Å². The van der Waals surface area contributed by atoms with Crippen LogP contribution in [-0.4, -0.2) is 11.1 Å². The number of aliphatic carboxylic acids is 1. The van der Waals surface area contributed by atoms with Gasteiger partial charge in [0.1, 0.15) is 0 Å². The Morgan fingerprint density at radius 2 is 1.15 bits per heavy atom. The van der Waals surface area contributed by atoms with Crippen LogP contribution < -0.4 is 0 Å². The second-order valence-corrected chi connectivity index (χ2v) is 5.00. The van der Waals surface area contributed by atoms with E-state index in [9.17, 15) is 4.79 Å². The van der Waals surface area contributed by atoms with Crippen molar-refractivity contribution in [2.45, 2.75) is 26.2 Å². The third-order valence-electron chi connectivity index (χ3n) is 2.73. The molecule has 1 N–H and O–H groups in total. The van der Waals surface area contributed by atoms with Crippen LogP contribution in [0.5, 0.6) is 0 Å². The lowest BCUT2D eigenvalue weighted by Gasteiger charge is -1.84. The van der Waals surface area contributed by atoms with Crippen molar-refractivity contribution in [2.24, 2.45) is 0 Å². The fourth-order valence-corrected chi connectivity index (χ4v) is 1.51. The van der Waals surface area contributed by atoms with Crippen LogP contribution in [0.1, 0.15) is 26.2 Å². The molecule has 0 aromatic rings. The zero-order valence-corrected chi connectivity index (χ0v) is 15.4. The number of carboxylic acid groups (broad SMARTS) is 1. The van der Waals surface area contributed by atoms with E-state index in [1.54, 1.807) is 0 Å². The molecule has 0 aromatic heterocycles. The Morgan fingerprint density at radius 3 is 1.58 bits per heavy atom. The van der Waals surface area contributed by atoms with E-state index in [-0.39, 0.29) is 6.42 Å². The van der Waals surface area contributed by atoms with E-state index in [2.05, 4.69) is 12.7 Å². The highest BCUT2D eigenvalue weighted by Crippen LogP contribution is 1.91. The average Bonchev–Trinajstić information content (AvgIpc) is 2.62. The van der Waals surface area contributed by atoms with Gasteiger partial charge in [0, 0.05) is 6.42 Å². The molecule has 2 nitrogen and oxygen atoms in total. The molecular formula is C24H28O2. The Hall–Kier alpha value is -3.09. The second-order valence-electron chi connectivity index (χ2n) is 5.00. The minimum absolute atomic E-state index is 0.171. The molecule has 0 aliphatic rings. The monoisotopic (exact) mass is 348 g/mol. The summed E-state index contributed by atoms with van der Waals surface area (Å²) < 4.78 is 0. The summed E-state index contributed by atoms with van der Waals surface area (Å²) in [6.07, 6.45) is 36.5. The van der Waals surface area contributed by atoms with Crippen LogP contribution in [0.2, 0.25) is 0 Å². The van der Waals surface area contributed by atoms with Gasteiger partial charge in [-0.1, -0.05) is 104 Å².